The van der Waals surface area contributed by atoms with Gasteiger partial charge < -0.3 is 47.1 Å². The molecule has 2 rings (SSSR count). The van der Waals surface area contributed by atoms with Crippen molar-refractivity contribution < 1.29 is 49.2 Å². The van der Waals surface area contributed by atoms with E-state index in [-0.39, 0.29) is 6.42 Å². The van der Waals surface area contributed by atoms with Crippen molar-refractivity contribution in [2.45, 2.75) is 62.9 Å². The number of carboxylic acid groups (broad SMARTS) is 3. The van der Waals surface area contributed by atoms with Gasteiger partial charge in [-0.05, 0) is 25.0 Å². The SMILES string of the molecule is CC(O)C(NC(=O)C(CCC(=O)O)NC(=O)C(N)CC(=O)O)C(=O)NC(Cc1c[nH]c2ccccc12)C(=O)O. The van der Waals surface area contributed by atoms with Crippen molar-refractivity contribution in [3.05, 3.63) is 36.0 Å². The van der Waals surface area contributed by atoms with Crippen molar-refractivity contribution in [3.8, 4) is 0 Å². The Morgan fingerprint density at radius 3 is 2.13 bits per heavy atom. The molecule has 0 aliphatic rings. The highest BCUT2D eigenvalue weighted by atomic mass is 16.4. The van der Waals surface area contributed by atoms with E-state index in [1.807, 2.05) is 0 Å². The monoisotopic (exact) mass is 549 g/mol. The van der Waals surface area contributed by atoms with Crippen LogP contribution >= 0.6 is 0 Å². The molecule has 39 heavy (non-hydrogen) atoms. The minimum atomic E-state index is -1.68. The number of amides is 3. The van der Waals surface area contributed by atoms with Gasteiger partial charge in [-0.3, -0.25) is 24.0 Å². The first-order chi connectivity index (χ1) is 18.3. The first kappa shape index (κ1) is 30.7. The standard InChI is InChI=1S/C24H31N5O10/c1-11(30)20(29-22(36)16(6-7-18(31)32)27-21(35)14(25)9-19(33)34)23(37)28-17(24(38)39)8-12-10-26-15-5-3-2-4-13(12)15/h2-5,10-11,14,16-17,20,26,30H,6-9,25H2,1H3,(H,27,35)(H,28,37)(H,29,36)(H,31,32)(H,33,34)(H,38,39). The van der Waals surface area contributed by atoms with Gasteiger partial charge in [0.1, 0.15) is 18.1 Å². The molecule has 1 aromatic carbocycles. The Morgan fingerprint density at radius 2 is 1.54 bits per heavy atom. The molecule has 0 aliphatic carbocycles. The van der Waals surface area contributed by atoms with E-state index in [4.69, 9.17) is 15.9 Å². The number of benzene rings is 1. The maximum atomic E-state index is 12.9. The third-order valence-corrected chi connectivity index (χ3v) is 5.79. The van der Waals surface area contributed by atoms with Crippen LogP contribution in [0.15, 0.2) is 30.5 Å². The second kappa shape index (κ2) is 13.9. The normalized spacial score (nSPS) is 14.8. The quantitative estimate of drug-likeness (QED) is 0.121. The Kier molecular flexibility index (Phi) is 10.9. The second-order valence-corrected chi connectivity index (χ2v) is 8.89. The number of carboxylic acids is 3. The fraction of sp³-hybridized carbons (Fsp3) is 0.417. The highest BCUT2D eigenvalue weighted by Crippen LogP contribution is 2.19. The van der Waals surface area contributed by atoms with Crippen LogP contribution in [0, 0.1) is 0 Å². The Balaban J connectivity index is 2.16. The van der Waals surface area contributed by atoms with Crippen molar-refractivity contribution in [2.24, 2.45) is 5.73 Å². The smallest absolute Gasteiger partial charge is 0.326 e. The largest absolute Gasteiger partial charge is 0.481 e. The van der Waals surface area contributed by atoms with Crippen LogP contribution in [0.25, 0.3) is 10.9 Å². The van der Waals surface area contributed by atoms with Crippen LogP contribution in [0.3, 0.4) is 0 Å². The number of nitrogens with one attached hydrogen (secondary N) is 4. The molecule has 0 radical (unpaired) electrons. The molecule has 0 aliphatic heterocycles. The van der Waals surface area contributed by atoms with E-state index in [1.165, 1.54) is 0 Å². The number of aliphatic carboxylic acids is 3. The number of hydrogen-bond acceptors (Lipinski definition) is 8. The average Bonchev–Trinajstić information content (AvgIpc) is 3.26. The lowest BCUT2D eigenvalue weighted by Gasteiger charge is -2.26. The molecule has 3 amide bonds. The van der Waals surface area contributed by atoms with Gasteiger partial charge in [0.25, 0.3) is 0 Å². The lowest BCUT2D eigenvalue weighted by molar-refractivity contribution is -0.143. The van der Waals surface area contributed by atoms with Gasteiger partial charge in [0.05, 0.1) is 18.6 Å². The number of hydrogen-bond donors (Lipinski definition) is 9. The van der Waals surface area contributed by atoms with Crippen LogP contribution < -0.4 is 21.7 Å². The summed E-state index contributed by atoms with van der Waals surface area (Å²) in [6, 6.07) is 0.908. The summed E-state index contributed by atoms with van der Waals surface area (Å²) >= 11 is 0. The van der Waals surface area contributed by atoms with Gasteiger partial charge in [-0.15, -0.1) is 0 Å². The number of para-hydroxylation sites is 1. The third-order valence-electron chi connectivity index (χ3n) is 5.79. The molecule has 5 atom stereocenters. The molecule has 1 heterocycles. The van der Waals surface area contributed by atoms with Gasteiger partial charge in [0.2, 0.25) is 17.7 Å². The highest BCUT2D eigenvalue weighted by Gasteiger charge is 2.33. The van der Waals surface area contributed by atoms with Crippen LogP contribution in [0.4, 0.5) is 0 Å². The molecule has 5 unspecified atom stereocenters. The van der Waals surface area contributed by atoms with E-state index in [1.54, 1.807) is 30.5 Å². The molecule has 15 nitrogen and oxygen atoms in total. The van der Waals surface area contributed by atoms with Crippen molar-refractivity contribution in [3.63, 3.8) is 0 Å². The first-order valence-electron chi connectivity index (χ1n) is 11.9. The molecule has 0 fully saturated rings. The van der Waals surface area contributed by atoms with E-state index in [2.05, 4.69) is 20.9 Å². The van der Waals surface area contributed by atoms with Gasteiger partial charge in [0.15, 0.2) is 0 Å². The molecule has 0 spiro atoms. The van der Waals surface area contributed by atoms with Crippen molar-refractivity contribution >= 4 is 46.5 Å². The van der Waals surface area contributed by atoms with Gasteiger partial charge in [-0.2, -0.15) is 0 Å². The average molecular weight is 550 g/mol. The number of aliphatic hydroxyl groups excluding tert-OH is 1. The molecule has 15 heteroatoms. The summed E-state index contributed by atoms with van der Waals surface area (Å²) in [5.41, 5.74) is 6.85. The number of carbonyl (C=O) groups is 6. The molecule has 212 valence electrons. The Labute approximate surface area is 221 Å². The van der Waals surface area contributed by atoms with Crippen molar-refractivity contribution in [1.29, 1.82) is 0 Å². The number of rotatable bonds is 15. The van der Waals surface area contributed by atoms with Crippen LogP contribution in [0.2, 0.25) is 0 Å². The molecule has 2 aromatic rings. The van der Waals surface area contributed by atoms with E-state index in [9.17, 15) is 39.0 Å². The zero-order chi connectivity index (χ0) is 29.3. The minimum absolute atomic E-state index is 0.121. The van der Waals surface area contributed by atoms with E-state index >= 15 is 0 Å². The topological polar surface area (TPSA) is 261 Å². The Bertz CT molecular complexity index is 1230. The zero-order valence-electron chi connectivity index (χ0n) is 20.9. The van der Waals surface area contributed by atoms with Gasteiger partial charge in [0, 0.05) is 29.9 Å². The Morgan fingerprint density at radius 1 is 0.897 bits per heavy atom. The minimum Gasteiger partial charge on any atom is -0.481 e. The second-order valence-electron chi connectivity index (χ2n) is 8.89. The Hall–Kier alpha value is -4.50. The summed E-state index contributed by atoms with van der Waals surface area (Å²) in [6.07, 6.45) is -1.83. The van der Waals surface area contributed by atoms with Crippen LogP contribution in [-0.4, -0.2) is 91.3 Å². The van der Waals surface area contributed by atoms with Gasteiger partial charge in [-0.1, -0.05) is 18.2 Å². The maximum Gasteiger partial charge on any atom is 0.326 e. The van der Waals surface area contributed by atoms with Gasteiger partial charge >= 0.3 is 17.9 Å². The highest BCUT2D eigenvalue weighted by molar-refractivity contribution is 5.95. The lowest BCUT2D eigenvalue weighted by Crippen LogP contribution is -2.60. The molecular formula is C24H31N5O10. The maximum absolute atomic E-state index is 12.9. The molecule has 0 saturated carbocycles. The predicted molar refractivity (Wildman–Crippen MR) is 134 cm³/mol. The predicted octanol–water partition coefficient (Wildman–Crippen LogP) is -1.70. The molecule has 0 saturated heterocycles. The summed E-state index contributed by atoms with van der Waals surface area (Å²) in [6.45, 7) is 1.16. The van der Waals surface area contributed by atoms with Crippen molar-refractivity contribution in [2.75, 3.05) is 0 Å². The van der Waals surface area contributed by atoms with E-state index < -0.39 is 85.2 Å². The van der Waals surface area contributed by atoms with E-state index in [0.29, 0.717) is 5.56 Å². The molecule has 0 bridgehead atoms. The summed E-state index contributed by atoms with van der Waals surface area (Å²) < 4.78 is 0. The first-order valence-corrected chi connectivity index (χ1v) is 11.9. The molecular weight excluding hydrogens is 518 g/mol. The number of aliphatic hydroxyl groups is 1. The van der Waals surface area contributed by atoms with Gasteiger partial charge in [-0.25, -0.2) is 4.79 Å². The number of nitrogens with two attached hydrogens (primary N) is 1. The summed E-state index contributed by atoms with van der Waals surface area (Å²) in [5.74, 6) is -7.22. The number of carbonyl (C=O) groups excluding carboxylic acids is 3. The lowest BCUT2D eigenvalue weighted by atomic mass is 10.0. The fourth-order valence-electron chi connectivity index (χ4n) is 3.74. The zero-order valence-corrected chi connectivity index (χ0v) is 20.9. The van der Waals surface area contributed by atoms with Crippen LogP contribution in [-0.2, 0) is 35.2 Å². The van der Waals surface area contributed by atoms with Crippen molar-refractivity contribution in [1.82, 2.24) is 20.9 Å². The number of H-pyrrole nitrogens is 1. The number of aromatic nitrogens is 1. The fourth-order valence-corrected chi connectivity index (χ4v) is 3.74. The summed E-state index contributed by atoms with van der Waals surface area (Å²) in [4.78, 5) is 74.8. The van der Waals surface area contributed by atoms with Crippen LogP contribution in [0.5, 0.6) is 0 Å². The summed E-state index contributed by atoms with van der Waals surface area (Å²) in [5, 5.41) is 45.0. The number of aromatic amines is 1. The summed E-state index contributed by atoms with van der Waals surface area (Å²) in [7, 11) is 0. The molecule has 10 N–H and O–H groups in total. The number of fused-ring (bicyclic) bond motifs is 1. The molecule has 1 aromatic heterocycles. The van der Waals surface area contributed by atoms with Crippen LogP contribution in [0.1, 0.15) is 31.7 Å². The van der Waals surface area contributed by atoms with E-state index in [0.717, 1.165) is 17.8 Å². The third kappa shape index (κ3) is 9.08.